The van der Waals surface area contributed by atoms with Crippen LogP contribution in [0.4, 0.5) is 0 Å². The summed E-state index contributed by atoms with van der Waals surface area (Å²) < 4.78 is 0. The first-order valence-corrected chi connectivity index (χ1v) is 6.40. The van der Waals surface area contributed by atoms with Crippen LogP contribution in [0.25, 0.3) is 0 Å². The number of amides is 2. The highest BCUT2D eigenvalue weighted by Gasteiger charge is 2.16. The first kappa shape index (κ1) is 16.7. The van der Waals surface area contributed by atoms with Gasteiger partial charge in [0.25, 0.3) is 0 Å². The van der Waals surface area contributed by atoms with E-state index in [2.05, 4.69) is 10.6 Å². The van der Waals surface area contributed by atoms with Crippen molar-refractivity contribution in [2.45, 2.75) is 47.5 Å². The van der Waals surface area contributed by atoms with E-state index < -0.39 is 0 Å². The van der Waals surface area contributed by atoms with Gasteiger partial charge in [-0.05, 0) is 25.7 Å². The second kappa shape index (κ2) is 7.90. The molecule has 0 aliphatic heterocycles. The molecular weight excluding hydrogens is 228 g/mol. The highest BCUT2D eigenvalue weighted by atomic mass is 16.2. The van der Waals surface area contributed by atoms with Gasteiger partial charge in [0, 0.05) is 13.0 Å². The fraction of sp³-hybridized carbons (Fsp3) is 0.714. The summed E-state index contributed by atoms with van der Waals surface area (Å²) in [7, 11) is 0. The molecule has 4 nitrogen and oxygen atoms in total. The molecule has 104 valence electrons. The number of carbonyl (C=O) groups is 2. The monoisotopic (exact) mass is 254 g/mol. The van der Waals surface area contributed by atoms with Gasteiger partial charge in [-0.15, -0.1) is 0 Å². The average molecular weight is 254 g/mol. The molecule has 0 radical (unpaired) electrons. The Morgan fingerprint density at radius 3 is 2.22 bits per heavy atom. The third kappa shape index (κ3) is 9.87. The first-order valence-electron chi connectivity index (χ1n) is 6.40. The minimum Gasteiger partial charge on any atom is -0.354 e. The van der Waals surface area contributed by atoms with Gasteiger partial charge in [-0.3, -0.25) is 9.59 Å². The zero-order valence-corrected chi connectivity index (χ0v) is 12.2. The lowest BCUT2D eigenvalue weighted by Gasteiger charge is -2.17. The van der Waals surface area contributed by atoms with Crippen molar-refractivity contribution in [1.82, 2.24) is 10.6 Å². The van der Waals surface area contributed by atoms with Gasteiger partial charge in [0.2, 0.25) is 11.8 Å². The van der Waals surface area contributed by atoms with Gasteiger partial charge in [-0.2, -0.15) is 0 Å². The summed E-state index contributed by atoms with van der Waals surface area (Å²) in [5, 5.41) is 5.40. The van der Waals surface area contributed by atoms with Crippen molar-refractivity contribution in [2.24, 2.45) is 5.41 Å². The predicted molar refractivity (Wildman–Crippen MR) is 74.1 cm³/mol. The third-order valence-corrected chi connectivity index (χ3v) is 2.47. The fourth-order valence-electron chi connectivity index (χ4n) is 1.33. The molecule has 0 aromatic rings. The Bertz CT molecular complexity index is 314. The average Bonchev–Trinajstić information content (AvgIpc) is 2.23. The van der Waals surface area contributed by atoms with Crippen LogP contribution < -0.4 is 10.6 Å². The Hall–Kier alpha value is -1.32. The Morgan fingerprint density at radius 1 is 1.11 bits per heavy atom. The van der Waals surface area contributed by atoms with Crippen LogP contribution in [0.1, 0.15) is 47.5 Å². The molecule has 0 aromatic heterocycles. The zero-order chi connectivity index (χ0) is 14.2. The largest absolute Gasteiger partial charge is 0.354 e. The molecular formula is C14H26N2O2. The predicted octanol–water partition coefficient (Wildman–Crippen LogP) is 2.01. The molecule has 0 atom stereocenters. The SMILES string of the molecule is C/C=C(\C)CCNC(=O)CNC(=O)CC(C)(C)C. The van der Waals surface area contributed by atoms with Gasteiger partial charge in [-0.25, -0.2) is 0 Å². The molecule has 2 amide bonds. The van der Waals surface area contributed by atoms with Gasteiger partial charge < -0.3 is 10.6 Å². The third-order valence-electron chi connectivity index (χ3n) is 2.47. The summed E-state index contributed by atoms with van der Waals surface area (Å²) in [6.45, 7) is 10.7. The van der Waals surface area contributed by atoms with Crippen LogP contribution in [0.3, 0.4) is 0 Å². The number of hydrogen-bond donors (Lipinski definition) is 2. The molecule has 0 rings (SSSR count). The lowest BCUT2D eigenvalue weighted by Crippen LogP contribution is -2.38. The zero-order valence-electron chi connectivity index (χ0n) is 12.2. The van der Waals surface area contributed by atoms with E-state index in [-0.39, 0.29) is 23.8 Å². The molecule has 0 heterocycles. The maximum absolute atomic E-state index is 11.5. The molecule has 0 bridgehead atoms. The topological polar surface area (TPSA) is 58.2 Å². The van der Waals surface area contributed by atoms with Crippen LogP contribution in [-0.2, 0) is 9.59 Å². The first-order chi connectivity index (χ1) is 8.24. The number of nitrogens with one attached hydrogen (secondary N) is 2. The minimum atomic E-state index is -0.138. The van der Waals surface area contributed by atoms with E-state index in [9.17, 15) is 9.59 Å². The molecule has 18 heavy (non-hydrogen) atoms. The standard InChI is InChI=1S/C14H26N2O2/c1-6-11(2)7-8-15-13(18)10-16-12(17)9-14(3,4)5/h6H,7-10H2,1-5H3,(H,15,18)(H,16,17)/b11-6+. The fourth-order valence-corrected chi connectivity index (χ4v) is 1.33. The van der Waals surface area contributed by atoms with Gasteiger partial charge in [0.05, 0.1) is 6.54 Å². The summed E-state index contributed by atoms with van der Waals surface area (Å²) in [6.07, 6.45) is 3.30. The molecule has 0 fully saturated rings. The van der Waals surface area contributed by atoms with Crippen molar-refractivity contribution in [2.75, 3.05) is 13.1 Å². The van der Waals surface area contributed by atoms with Crippen molar-refractivity contribution in [3.05, 3.63) is 11.6 Å². The summed E-state index contributed by atoms with van der Waals surface area (Å²) in [4.78, 5) is 22.9. The Balaban J connectivity index is 3.74. The van der Waals surface area contributed by atoms with Crippen LogP contribution in [0, 0.1) is 5.41 Å². The Kier molecular flexibility index (Phi) is 7.32. The minimum absolute atomic E-state index is 0.0520. The second-order valence-corrected chi connectivity index (χ2v) is 5.75. The summed E-state index contributed by atoms with van der Waals surface area (Å²) in [6, 6.07) is 0. The van der Waals surface area contributed by atoms with Crippen molar-refractivity contribution >= 4 is 11.8 Å². The van der Waals surface area contributed by atoms with Crippen molar-refractivity contribution in [1.29, 1.82) is 0 Å². The maximum Gasteiger partial charge on any atom is 0.239 e. The van der Waals surface area contributed by atoms with E-state index in [1.165, 1.54) is 5.57 Å². The molecule has 0 saturated heterocycles. The summed E-state index contributed by atoms with van der Waals surface area (Å²) >= 11 is 0. The van der Waals surface area contributed by atoms with Crippen LogP contribution in [0.5, 0.6) is 0 Å². The molecule has 0 aliphatic rings. The second-order valence-electron chi connectivity index (χ2n) is 5.75. The molecule has 2 N–H and O–H groups in total. The molecule has 0 spiro atoms. The molecule has 0 unspecified atom stereocenters. The molecule has 0 aliphatic carbocycles. The van der Waals surface area contributed by atoms with Crippen molar-refractivity contribution in [3.63, 3.8) is 0 Å². The van der Waals surface area contributed by atoms with Crippen LogP contribution in [0.2, 0.25) is 0 Å². The van der Waals surface area contributed by atoms with E-state index in [0.717, 1.165) is 6.42 Å². The van der Waals surface area contributed by atoms with E-state index in [4.69, 9.17) is 0 Å². The normalized spacial score (nSPS) is 12.2. The summed E-state index contributed by atoms with van der Waals surface area (Å²) in [5.74, 6) is -0.219. The Labute approximate surface area is 110 Å². The lowest BCUT2D eigenvalue weighted by molar-refractivity contribution is -0.127. The van der Waals surface area contributed by atoms with E-state index in [1.807, 2.05) is 40.7 Å². The Morgan fingerprint density at radius 2 is 1.72 bits per heavy atom. The van der Waals surface area contributed by atoms with E-state index in [1.54, 1.807) is 0 Å². The van der Waals surface area contributed by atoms with Crippen molar-refractivity contribution < 1.29 is 9.59 Å². The highest BCUT2D eigenvalue weighted by Crippen LogP contribution is 2.17. The number of allylic oxidation sites excluding steroid dienone is 1. The molecule has 0 aromatic carbocycles. The smallest absolute Gasteiger partial charge is 0.239 e. The quantitative estimate of drug-likeness (QED) is 0.712. The van der Waals surface area contributed by atoms with Gasteiger partial charge in [0.1, 0.15) is 0 Å². The van der Waals surface area contributed by atoms with Crippen LogP contribution in [-0.4, -0.2) is 24.9 Å². The van der Waals surface area contributed by atoms with Gasteiger partial charge in [0.15, 0.2) is 0 Å². The highest BCUT2D eigenvalue weighted by molar-refractivity contribution is 5.84. The maximum atomic E-state index is 11.5. The van der Waals surface area contributed by atoms with Crippen LogP contribution in [0.15, 0.2) is 11.6 Å². The summed E-state index contributed by atoms with van der Waals surface area (Å²) in [5.41, 5.74) is 1.19. The lowest BCUT2D eigenvalue weighted by atomic mass is 9.92. The van der Waals surface area contributed by atoms with Crippen molar-refractivity contribution in [3.8, 4) is 0 Å². The van der Waals surface area contributed by atoms with Gasteiger partial charge >= 0.3 is 0 Å². The van der Waals surface area contributed by atoms with E-state index >= 15 is 0 Å². The van der Waals surface area contributed by atoms with Crippen LogP contribution >= 0.6 is 0 Å². The van der Waals surface area contributed by atoms with Gasteiger partial charge in [-0.1, -0.05) is 32.4 Å². The number of carbonyl (C=O) groups excluding carboxylic acids is 2. The number of rotatable bonds is 6. The molecule has 0 saturated carbocycles. The number of hydrogen-bond acceptors (Lipinski definition) is 2. The molecule has 4 heteroatoms. The van der Waals surface area contributed by atoms with E-state index in [0.29, 0.717) is 13.0 Å².